The van der Waals surface area contributed by atoms with E-state index in [-0.39, 0.29) is 30.8 Å². The Kier molecular flexibility index (Phi) is 5.25. The van der Waals surface area contributed by atoms with Gasteiger partial charge in [0.2, 0.25) is 0 Å². The van der Waals surface area contributed by atoms with E-state index in [0.29, 0.717) is 17.8 Å². The molecule has 6 nitrogen and oxygen atoms in total. The highest BCUT2D eigenvalue weighted by Gasteiger charge is 2.31. The first kappa shape index (κ1) is 20.0. The first-order chi connectivity index (χ1) is 14.3. The second-order valence-corrected chi connectivity index (χ2v) is 6.80. The molecule has 0 bridgehead atoms. The van der Waals surface area contributed by atoms with Gasteiger partial charge in [0, 0.05) is 6.54 Å². The molecule has 156 valence electrons. The number of carbonyl (C=O) groups is 1. The van der Waals surface area contributed by atoms with Crippen LogP contribution in [-0.4, -0.2) is 20.9 Å². The number of hydrogen-bond acceptors (Lipinski definition) is 4. The quantitative estimate of drug-likeness (QED) is 0.655. The Labute approximate surface area is 168 Å². The van der Waals surface area contributed by atoms with Crippen molar-refractivity contribution in [3.8, 4) is 0 Å². The van der Waals surface area contributed by atoms with Crippen LogP contribution in [0.25, 0.3) is 0 Å². The summed E-state index contributed by atoms with van der Waals surface area (Å²) >= 11 is 0. The van der Waals surface area contributed by atoms with Crippen LogP contribution >= 0.6 is 0 Å². The molecule has 4 rings (SSSR count). The fourth-order valence-corrected chi connectivity index (χ4v) is 3.19. The molecule has 0 aliphatic carbocycles. The maximum Gasteiger partial charge on any atom is 0.416 e. The zero-order chi connectivity index (χ0) is 21.3. The SMILES string of the molecule is O=C(NCc1cccc(C(F)(F)F)c1)c1nnn2c1CO[C@H](c1ccc(F)cc1)C2. The van der Waals surface area contributed by atoms with Crippen LogP contribution in [0.3, 0.4) is 0 Å². The molecule has 0 radical (unpaired) electrons. The molecule has 0 saturated heterocycles. The number of rotatable bonds is 4. The number of ether oxygens (including phenoxy) is 1. The molecule has 1 atom stereocenters. The van der Waals surface area contributed by atoms with Crippen LogP contribution in [0.4, 0.5) is 17.6 Å². The third kappa shape index (κ3) is 4.18. The molecule has 0 spiro atoms. The molecule has 2 aromatic carbocycles. The summed E-state index contributed by atoms with van der Waals surface area (Å²) < 4.78 is 58.8. The molecular weight excluding hydrogens is 404 g/mol. The van der Waals surface area contributed by atoms with E-state index in [4.69, 9.17) is 4.74 Å². The molecule has 1 aliphatic rings. The summed E-state index contributed by atoms with van der Waals surface area (Å²) in [7, 11) is 0. The highest BCUT2D eigenvalue weighted by molar-refractivity contribution is 5.93. The number of hydrogen-bond donors (Lipinski definition) is 1. The molecule has 3 aromatic rings. The van der Waals surface area contributed by atoms with Crippen molar-refractivity contribution in [1.82, 2.24) is 20.3 Å². The predicted octanol–water partition coefficient (Wildman–Crippen LogP) is 3.64. The number of benzene rings is 2. The zero-order valence-corrected chi connectivity index (χ0v) is 15.5. The van der Waals surface area contributed by atoms with Gasteiger partial charge in [-0.3, -0.25) is 4.79 Å². The molecule has 1 aliphatic heterocycles. The van der Waals surface area contributed by atoms with E-state index in [1.807, 2.05) is 0 Å². The fraction of sp³-hybridized carbons (Fsp3) is 0.250. The van der Waals surface area contributed by atoms with Crippen molar-refractivity contribution in [1.29, 1.82) is 0 Å². The van der Waals surface area contributed by atoms with Crippen LogP contribution in [0.5, 0.6) is 0 Å². The van der Waals surface area contributed by atoms with Gasteiger partial charge in [0.1, 0.15) is 11.9 Å². The fourth-order valence-electron chi connectivity index (χ4n) is 3.19. The van der Waals surface area contributed by atoms with Gasteiger partial charge in [-0.2, -0.15) is 13.2 Å². The van der Waals surface area contributed by atoms with Gasteiger partial charge in [0.25, 0.3) is 5.91 Å². The highest BCUT2D eigenvalue weighted by atomic mass is 19.4. The van der Waals surface area contributed by atoms with Crippen molar-refractivity contribution in [2.75, 3.05) is 0 Å². The van der Waals surface area contributed by atoms with Crippen LogP contribution < -0.4 is 5.32 Å². The first-order valence-electron chi connectivity index (χ1n) is 9.05. The van der Waals surface area contributed by atoms with E-state index >= 15 is 0 Å². The normalized spacial score (nSPS) is 16.2. The summed E-state index contributed by atoms with van der Waals surface area (Å²) in [5, 5.41) is 10.4. The van der Waals surface area contributed by atoms with Gasteiger partial charge in [-0.05, 0) is 35.4 Å². The Bertz CT molecular complexity index is 1060. The summed E-state index contributed by atoms with van der Waals surface area (Å²) in [6, 6.07) is 10.6. The van der Waals surface area contributed by atoms with Gasteiger partial charge in [-0.15, -0.1) is 5.10 Å². The van der Waals surface area contributed by atoms with Gasteiger partial charge >= 0.3 is 6.18 Å². The van der Waals surface area contributed by atoms with Crippen LogP contribution in [0.15, 0.2) is 48.5 Å². The number of carbonyl (C=O) groups excluding carboxylic acids is 1. The summed E-state index contributed by atoms with van der Waals surface area (Å²) in [5.41, 5.74) is 0.824. The first-order valence-corrected chi connectivity index (χ1v) is 9.05. The lowest BCUT2D eigenvalue weighted by molar-refractivity contribution is -0.137. The van der Waals surface area contributed by atoms with Crippen molar-refractivity contribution >= 4 is 5.91 Å². The number of amides is 1. The zero-order valence-electron chi connectivity index (χ0n) is 15.5. The van der Waals surface area contributed by atoms with Crippen molar-refractivity contribution in [2.45, 2.75) is 32.0 Å². The van der Waals surface area contributed by atoms with Crippen molar-refractivity contribution in [3.05, 3.63) is 82.4 Å². The van der Waals surface area contributed by atoms with Gasteiger partial charge in [-0.1, -0.05) is 29.5 Å². The molecule has 1 amide bonds. The van der Waals surface area contributed by atoms with Crippen molar-refractivity contribution < 1.29 is 27.1 Å². The molecule has 30 heavy (non-hydrogen) atoms. The lowest BCUT2D eigenvalue weighted by atomic mass is 10.1. The number of halogens is 4. The van der Waals surface area contributed by atoms with E-state index in [1.54, 1.807) is 12.1 Å². The van der Waals surface area contributed by atoms with E-state index in [2.05, 4.69) is 15.6 Å². The van der Waals surface area contributed by atoms with Gasteiger partial charge in [0.15, 0.2) is 5.69 Å². The number of alkyl halides is 3. The predicted molar refractivity (Wildman–Crippen MR) is 96.6 cm³/mol. The minimum Gasteiger partial charge on any atom is -0.365 e. The van der Waals surface area contributed by atoms with E-state index in [0.717, 1.165) is 17.7 Å². The summed E-state index contributed by atoms with van der Waals surface area (Å²) in [4.78, 5) is 12.5. The molecule has 2 heterocycles. The Morgan fingerprint density at radius 2 is 1.97 bits per heavy atom. The van der Waals surface area contributed by atoms with Crippen molar-refractivity contribution in [2.24, 2.45) is 0 Å². The second-order valence-electron chi connectivity index (χ2n) is 6.80. The Morgan fingerprint density at radius 1 is 1.20 bits per heavy atom. The number of aromatic nitrogens is 3. The molecular formula is C20H16F4N4O2. The number of nitrogens with zero attached hydrogens (tertiary/aromatic N) is 3. The topological polar surface area (TPSA) is 69.0 Å². The molecule has 0 fully saturated rings. The maximum atomic E-state index is 13.1. The third-order valence-corrected chi connectivity index (χ3v) is 4.76. The monoisotopic (exact) mass is 420 g/mol. The molecule has 1 N–H and O–H groups in total. The summed E-state index contributed by atoms with van der Waals surface area (Å²) in [6.07, 6.45) is -4.81. The number of nitrogens with one attached hydrogen (secondary N) is 1. The van der Waals surface area contributed by atoms with Crippen LogP contribution in [0.1, 0.15) is 39.0 Å². The highest BCUT2D eigenvalue weighted by Crippen LogP contribution is 2.30. The lowest BCUT2D eigenvalue weighted by Crippen LogP contribution is -2.27. The summed E-state index contributed by atoms with van der Waals surface area (Å²) in [5.74, 6) is -0.909. The lowest BCUT2D eigenvalue weighted by Gasteiger charge is -2.24. The van der Waals surface area contributed by atoms with Crippen LogP contribution in [-0.2, 0) is 30.6 Å². The minimum absolute atomic E-state index is 0.0551. The molecule has 1 aromatic heterocycles. The average Bonchev–Trinajstić information content (AvgIpc) is 3.15. The van der Waals surface area contributed by atoms with Gasteiger partial charge < -0.3 is 10.1 Å². The van der Waals surface area contributed by atoms with E-state index in [9.17, 15) is 22.4 Å². The minimum atomic E-state index is -4.45. The molecule has 10 heteroatoms. The summed E-state index contributed by atoms with van der Waals surface area (Å²) in [6.45, 7) is 0.282. The van der Waals surface area contributed by atoms with Crippen LogP contribution in [0, 0.1) is 5.82 Å². The van der Waals surface area contributed by atoms with Crippen LogP contribution in [0.2, 0.25) is 0 Å². The maximum absolute atomic E-state index is 13.1. The number of fused-ring (bicyclic) bond motifs is 1. The van der Waals surface area contributed by atoms with Crippen molar-refractivity contribution in [3.63, 3.8) is 0 Å². The molecule has 0 unspecified atom stereocenters. The third-order valence-electron chi connectivity index (χ3n) is 4.76. The second kappa shape index (κ2) is 7.86. The Morgan fingerprint density at radius 3 is 2.70 bits per heavy atom. The van der Waals surface area contributed by atoms with E-state index in [1.165, 1.54) is 28.9 Å². The molecule has 0 saturated carbocycles. The standard InChI is InChI=1S/C20H16F4N4O2/c21-15-6-4-13(5-7-15)17-10-28-16(11-30-17)18(26-27-28)19(29)25-9-12-2-1-3-14(8-12)20(22,23)24/h1-8,17H,9-11H2,(H,25,29)/t17-/m0/s1. The van der Waals surface area contributed by atoms with Gasteiger partial charge in [-0.25, -0.2) is 9.07 Å². The Hall–Kier alpha value is -3.27. The smallest absolute Gasteiger partial charge is 0.365 e. The van der Waals surface area contributed by atoms with Gasteiger partial charge in [0.05, 0.1) is 24.4 Å². The largest absolute Gasteiger partial charge is 0.416 e. The Balaban J connectivity index is 1.43. The average molecular weight is 420 g/mol. The van der Waals surface area contributed by atoms with E-state index < -0.39 is 17.6 Å².